The second-order valence-corrected chi connectivity index (χ2v) is 4.29. The van der Waals surface area contributed by atoms with Gasteiger partial charge in [-0.1, -0.05) is 24.3 Å². The minimum atomic E-state index is -1.40. The van der Waals surface area contributed by atoms with Crippen molar-refractivity contribution in [3.05, 3.63) is 29.8 Å². The molecule has 1 aliphatic rings. The molecule has 1 atom stereocenters. The summed E-state index contributed by atoms with van der Waals surface area (Å²) in [6, 6.07) is 7.21. The molecule has 0 radical (unpaired) electrons. The Labute approximate surface area is 95.3 Å². The van der Waals surface area contributed by atoms with E-state index in [2.05, 4.69) is 4.90 Å². The van der Waals surface area contributed by atoms with Crippen molar-refractivity contribution < 1.29 is 15.2 Å². The first-order valence-corrected chi connectivity index (χ1v) is 5.50. The van der Waals surface area contributed by atoms with Gasteiger partial charge < -0.3 is 15.2 Å². The van der Waals surface area contributed by atoms with Crippen LogP contribution in [-0.2, 0) is 6.54 Å². The number of hydrogen-bond acceptors (Lipinski definition) is 4. The Morgan fingerprint density at radius 1 is 1.25 bits per heavy atom. The zero-order chi connectivity index (χ0) is 11.5. The number of aliphatic hydroxyl groups excluding tert-OH is 1. The predicted octanol–water partition coefficient (Wildman–Crippen LogP) is -1.07. The number of likely N-dealkylation sites (tertiary alicyclic amines) is 1. The van der Waals surface area contributed by atoms with Crippen LogP contribution in [0.15, 0.2) is 24.3 Å². The van der Waals surface area contributed by atoms with Crippen LogP contribution in [0.2, 0.25) is 0 Å². The average molecular weight is 221 g/mol. The SMILES string of the molecule is OB(O)c1ccc(CN2CC[C@@H](O)C2)cc1. The highest BCUT2D eigenvalue weighted by molar-refractivity contribution is 6.58. The molecule has 0 saturated carbocycles. The second kappa shape index (κ2) is 4.97. The smallest absolute Gasteiger partial charge is 0.423 e. The van der Waals surface area contributed by atoms with E-state index < -0.39 is 7.12 Å². The van der Waals surface area contributed by atoms with Crippen LogP contribution < -0.4 is 5.46 Å². The minimum Gasteiger partial charge on any atom is -0.423 e. The van der Waals surface area contributed by atoms with Crippen molar-refractivity contribution in [1.29, 1.82) is 0 Å². The van der Waals surface area contributed by atoms with Gasteiger partial charge in [0.15, 0.2) is 0 Å². The highest BCUT2D eigenvalue weighted by Crippen LogP contribution is 2.12. The Morgan fingerprint density at radius 2 is 1.94 bits per heavy atom. The summed E-state index contributed by atoms with van der Waals surface area (Å²) in [4.78, 5) is 2.19. The number of benzene rings is 1. The zero-order valence-electron chi connectivity index (χ0n) is 9.08. The van der Waals surface area contributed by atoms with Crippen molar-refractivity contribution in [1.82, 2.24) is 4.90 Å². The molecule has 0 amide bonds. The molecule has 1 aromatic carbocycles. The molecule has 1 aromatic rings. The molecule has 4 nitrogen and oxygen atoms in total. The molecule has 3 N–H and O–H groups in total. The van der Waals surface area contributed by atoms with E-state index in [4.69, 9.17) is 10.0 Å². The molecule has 16 heavy (non-hydrogen) atoms. The van der Waals surface area contributed by atoms with E-state index in [0.717, 1.165) is 31.6 Å². The zero-order valence-corrected chi connectivity index (χ0v) is 9.08. The van der Waals surface area contributed by atoms with Gasteiger partial charge in [0.25, 0.3) is 0 Å². The predicted molar refractivity (Wildman–Crippen MR) is 62.2 cm³/mol. The summed E-state index contributed by atoms with van der Waals surface area (Å²) in [6.45, 7) is 2.45. The van der Waals surface area contributed by atoms with E-state index in [1.165, 1.54) is 0 Å². The van der Waals surface area contributed by atoms with Gasteiger partial charge in [-0.05, 0) is 17.4 Å². The van der Waals surface area contributed by atoms with Gasteiger partial charge in [-0.15, -0.1) is 0 Å². The summed E-state index contributed by atoms with van der Waals surface area (Å²) in [5.74, 6) is 0. The molecule has 1 saturated heterocycles. The fourth-order valence-electron chi connectivity index (χ4n) is 2.01. The van der Waals surface area contributed by atoms with E-state index in [9.17, 15) is 5.11 Å². The fraction of sp³-hybridized carbons (Fsp3) is 0.455. The van der Waals surface area contributed by atoms with Crippen LogP contribution in [0.5, 0.6) is 0 Å². The monoisotopic (exact) mass is 221 g/mol. The summed E-state index contributed by atoms with van der Waals surface area (Å²) >= 11 is 0. The summed E-state index contributed by atoms with van der Waals surface area (Å²) in [6.07, 6.45) is 0.645. The lowest BCUT2D eigenvalue weighted by Crippen LogP contribution is -2.29. The summed E-state index contributed by atoms with van der Waals surface area (Å²) < 4.78 is 0. The van der Waals surface area contributed by atoms with Gasteiger partial charge in [0.2, 0.25) is 0 Å². The van der Waals surface area contributed by atoms with E-state index >= 15 is 0 Å². The van der Waals surface area contributed by atoms with E-state index in [1.807, 2.05) is 12.1 Å². The van der Waals surface area contributed by atoms with Gasteiger partial charge >= 0.3 is 7.12 Å². The lowest BCUT2D eigenvalue weighted by Gasteiger charge is -2.14. The molecule has 0 aliphatic carbocycles. The van der Waals surface area contributed by atoms with Crippen LogP contribution in [0.3, 0.4) is 0 Å². The van der Waals surface area contributed by atoms with Crippen molar-refractivity contribution in [2.24, 2.45) is 0 Å². The maximum Gasteiger partial charge on any atom is 0.488 e. The third kappa shape index (κ3) is 2.83. The Morgan fingerprint density at radius 3 is 2.44 bits per heavy atom. The molecule has 0 aromatic heterocycles. The molecule has 1 aliphatic heterocycles. The largest absolute Gasteiger partial charge is 0.488 e. The van der Waals surface area contributed by atoms with Crippen LogP contribution in [-0.4, -0.2) is 46.4 Å². The van der Waals surface area contributed by atoms with Crippen LogP contribution in [0.1, 0.15) is 12.0 Å². The summed E-state index contributed by atoms with van der Waals surface area (Å²) in [5.41, 5.74) is 1.63. The quantitative estimate of drug-likeness (QED) is 0.569. The summed E-state index contributed by atoms with van der Waals surface area (Å²) in [5, 5.41) is 27.3. The number of rotatable bonds is 3. The van der Waals surface area contributed by atoms with Gasteiger partial charge in [0.1, 0.15) is 0 Å². The lowest BCUT2D eigenvalue weighted by molar-refractivity contribution is 0.175. The molecular formula is C11H16BNO3. The number of aliphatic hydroxyl groups is 1. The number of hydrogen-bond donors (Lipinski definition) is 3. The van der Waals surface area contributed by atoms with Crippen LogP contribution in [0.25, 0.3) is 0 Å². The molecule has 5 heteroatoms. The topological polar surface area (TPSA) is 63.9 Å². The molecule has 0 unspecified atom stereocenters. The Balaban J connectivity index is 1.95. The van der Waals surface area contributed by atoms with Gasteiger partial charge in [-0.25, -0.2) is 0 Å². The highest BCUT2D eigenvalue weighted by atomic mass is 16.4. The number of nitrogens with zero attached hydrogens (tertiary/aromatic N) is 1. The van der Waals surface area contributed by atoms with Gasteiger partial charge in [-0.3, -0.25) is 4.90 Å². The first kappa shape index (κ1) is 11.6. The van der Waals surface area contributed by atoms with Gasteiger partial charge in [0, 0.05) is 19.6 Å². The normalized spacial score (nSPS) is 21.3. The first-order chi connectivity index (χ1) is 7.65. The van der Waals surface area contributed by atoms with Crippen LogP contribution in [0, 0.1) is 0 Å². The van der Waals surface area contributed by atoms with Gasteiger partial charge in [0.05, 0.1) is 6.10 Å². The molecule has 1 heterocycles. The highest BCUT2D eigenvalue weighted by Gasteiger charge is 2.20. The maximum atomic E-state index is 9.39. The minimum absolute atomic E-state index is 0.196. The third-order valence-corrected chi connectivity index (χ3v) is 2.93. The Kier molecular flexibility index (Phi) is 3.61. The molecule has 86 valence electrons. The van der Waals surface area contributed by atoms with E-state index in [1.54, 1.807) is 12.1 Å². The van der Waals surface area contributed by atoms with Crippen molar-refractivity contribution in [3.8, 4) is 0 Å². The fourth-order valence-corrected chi connectivity index (χ4v) is 2.01. The average Bonchev–Trinajstić information content (AvgIpc) is 2.65. The van der Waals surface area contributed by atoms with Crippen LogP contribution >= 0.6 is 0 Å². The maximum absolute atomic E-state index is 9.39. The molecule has 2 rings (SSSR count). The van der Waals surface area contributed by atoms with Crippen molar-refractivity contribution in [2.75, 3.05) is 13.1 Å². The van der Waals surface area contributed by atoms with Crippen molar-refractivity contribution in [3.63, 3.8) is 0 Å². The number of β-amino-alcohol motifs (C(OH)–C–C–N with tert-alkyl or cyclic N) is 1. The Bertz CT molecular complexity index is 342. The van der Waals surface area contributed by atoms with Gasteiger partial charge in [-0.2, -0.15) is 0 Å². The Hall–Kier alpha value is -0.875. The summed E-state index contributed by atoms with van der Waals surface area (Å²) in [7, 11) is -1.40. The van der Waals surface area contributed by atoms with E-state index in [0.29, 0.717) is 5.46 Å². The van der Waals surface area contributed by atoms with Crippen molar-refractivity contribution >= 4 is 12.6 Å². The molecule has 0 bridgehead atoms. The van der Waals surface area contributed by atoms with E-state index in [-0.39, 0.29) is 6.10 Å². The standard InChI is InChI=1S/C11H16BNO3/c14-11-5-6-13(8-11)7-9-1-3-10(4-2-9)12(15)16/h1-4,11,14-16H,5-8H2/t11-/m1/s1. The molecule has 0 spiro atoms. The molecule has 1 fully saturated rings. The second-order valence-electron chi connectivity index (χ2n) is 4.29. The van der Waals surface area contributed by atoms with Crippen molar-refractivity contribution in [2.45, 2.75) is 19.1 Å². The third-order valence-electron chi connectivity index (χ3n) is 2.93. The van der Waals surface area contributed by atoms with Crippen LogP contribution in [0.4, 0.5) is 0 Å². The lowest BCUT2D eigenvalue weighted by atomic mass is 9.80. The molecular weight excluding hydrogens is 205 g/mol. The first-order valence-electron chi connectivity index (χ1n) is 5.50.